The number of Topliss-reactive ketones (excluding diaryl/α,β-unsaturated/α-hetero) is 2. The first kappa shape index (κ1) is 86.5. The van der Waals surface area contributed by atoms with Crippen LogP contribution in [-0.2, 0) is 79.4 Å². The zero-order chi connectivity index (χ0) is 77.6. The number of hydrogen-bond donors (Lipinski definition) is 11. The summed E-state index contributed by atoms with van der Waals surface area (Å²) in [4.78, 5) is 128. The molecule has 6 aliphatic heterocycles. The average Bonchev–Trinajstić information content (AvgIpc) is 1.46. The quantitative estimate of drug-likeness (QED) is 0.0177. The fourth-order valence-corrected chi connectivity index (χ4v) is 19.7. The van der Waals surface area contributed by atoms with Gasteiger partial charge >= 0.3 is 24.5 Å². The maximum absolute atomic E-state index is 15.3. The number of H-pyrrole nitrogens is 1. The molecule has 3 aromatic rings. The molecule has 586 valence electrons. The number of aromatic nitrogens is 1. The lowest BCUT2D eigenvalue weighted by molar-refractivity contribution is -0.301. The number of ketones is 2. The molecule has 10 rings (SSSR count). The number of aliphatic hydroxyl groups is 7. The van der Waals surface area contributed by atoms with Crippen molar-refractivity contribution in [3.63, 3.8) is 0 Å². The van der Waals surface area contributed by atoms with Gasteiger partial charge in [0.05, 0.1) is 31.9 Å². The Labute approximate surface area is 625 Å². The van der Waals surface area contributed by atoms with Gasteiger partial charge < -0.3 is 80.5 Å². The van der Waals surface area contributed by atoms with Crippen molar-refractivity contribution < 1.29 is 107 Å². The summed E-state index contributed by atoms with van der Waals surface area (Å²) < 4.78 is 23.0. The third-order valence-corrected chi connectivity index (χ3v) is 25.0. The molecule has 3 amide bonds. The number of amides is 3. The predicted octanol–water partition coefficient (Wildman–Crippen LogP) is 4.06. The zero-order valence-electron chi connectivity index (χ0n) is 61.5. The number of carbonyl (C=O) groups excluding carboxylic acids is 11. The van der Waals surface area contributed by atoms with Crippen LogP contribution >= 0.6 is 21.6 Å². The number of carbonyl (C=O) groups is 5. The second-order valence-electron chi connectivity index (χ2n) is 28.9. The van der Waals surface area contributed by atoms with Gasteiger partial charge in [-0.2, -0.15) is 28.8 Å². The van der Waals surface area contributed by atoms with E-state index in [0.717, 1.165) is 92.5 Å². The molecule has 1 aliphatic carbocycles. The highest BCUT2D eigenvalue weighted by molar-refractivity contribution is 8.76. The molecule has 1 aromatic heterocycles. The Morgan fingerprint density at radius 3 is 2.09 bits per heavy atom. The van der Waals surface area contributed by atoms with Crippen molar-refractivity contribution in [2.45, 2.75) is 227 Å². The van der Waals surface area contributed by atoms with Gasteiger partial charge in [0, 0.05) is 127 Å². The van der Waals surface area contributed by atoms with E-state index in [2.05, 4.69) is 81.0 Å². The number of rotatable bonds is 33. The summed E-state index contributed by atoms with van der Waals surface area (Å²) in [5.74, 6) is 0.0625. The van der Waals surface area contributed by atoms with E-state index >= 15 is 4.79 Å². The van der Waals surface area contributed by atoms with Crippen molar-refractivity contribution in [1.29, 1.82) is 0 Å². The molecule has 1 spiro atoms. The lowest BCUT2D eigenvalue weighted by atomic mass is 9.47. The SMILES string of the molecule is CCCCCC(=O)N[C@@H](NC(=O)CCCCCCCCOC1OC(CO)C(O)[C@H](O)[C@H]1O)C(=O)CCCSSCCOC(=O)NCC(=O)[C@@]1(O)[C@H](O)[C@]2(CC)C=CCN3CC[C@@]4(c5cc([C@@]6(C)C[C@@H]7CN(CCc8c6[nH]c6ccccc86)C[C@](O)(CC)C7)c(OC)cc5N(C)[C@@H]14)[C@@H]32.O=C=O.O=C=O.O=C=O. The smallest absolute Gasteiger partial charge is 0.407 e. The summed E-state index contributed by atoms with van der Waals surface area (Å²) in [6.45, 7) is 11.1. The number of piperidine rings is 1. The summed E-state index contributed by atoms with van der Waals surface area (Å²) in [7, 11) is 6.50. The highest BCUT2D eigenvalue weighted by Gasteiger charge is 2.78. The predicted molar refractivity (Wildman–Crippen MR) is 387 cm³/mol. The van der Waals surface area contributed by atoms with Crippen LogP contribution < -0.4 is 25.6 Å². The number of methoxy groups -OCH3 is 1. The third-order valence-electron chi connectivity index (χ3n) is 22.5. The zero-order valence-corrected chi connectivity index (χ0v) is 63.2. The minimum Gasteiger partial charge on any atom is -0.496 e. The number of alkyl carbamates (subject to hydrolysis) is 1. The molecule has 29 nitrogen and oxygen atoms in total. The van der Waals surface area contributed by atoms with Gasteiger partial charge in [-0.15, -0.1) is 0 Å². The standard InChI is InChI=1S/C72H107N7O16S2.3CO2/c1-7-10-15-25-56(83)75-62(76-57(84)26-16-13-11-12-14-19-33-93-63-60(87)59(86)58(85)54(43-80)95-63)52(81)24-20-35-96-97-36-34-94-67(89)73-41-55(82)72(91)65-71(29-32-79-30-21-28-70(9-3,64(71)79)66(72)88)48-37-49(53(92-6)38-51(48)77(65)5)68(4)39-45-40-69(90,8-2)44-78(42-45)31-27-47-46-22-17-18-23-50(46)74-61(47)68;3*2-1-3/h17-18,21-23,28,37-38,45,54,58-60,62-66,74,80,85-88,90-91H,7-16,19-20,24-27,29-36,39-44H2,1-6H3,(H,73,89)(H,75,83)(H,76,84);;;/t45-,54?,58?,59-,60+,62-,63?,64-,65+,66+,68+,69-,70+,71+,72-;;;/m0.../s1. The summed E-state index contributed by atoms with van der Waals surface area (Å²) in [6.07, 6.45) is 6.41. The average molecular weight is 1520 g/mol. The van der Waals surface area contributed by atoms with E-state index in [9.17, 15) is 54.9 Å². The molecule has 2 bridgehead atoms. The molecule has 4 fully saturated rings. The molecular formula is C75H107N7O22S2. The van der Waals surface area contributed by atoms with E-state index in [-0.39, 0.29) is 80.5 Å². The number of aromatic amines is 1. The molecular weight excluding hydrogens is 1410 g/mol. The van der Waals surface area contributed by atoms with Crippen LogP contribution in [0.2, 0.25) is 0 Å². The van der Waals surface area contributed by atoms with Gasteiger partial charge in [-0.3, -0.25) is 29.0 Å². The van der Waals surface area contributed by atoms with Crippen LogP contribution in [0.25, 0.3) is 10.9 Å². The van der Waals surface area contributed by atoms with E-state index in [1.54, 1.807) is 7.11 Å². The number of hydrogen-bond acceptors (Lipinski definition) is 27. The first-order valence-electron chi connectivity index (χ1n) is 36.8. The Balaban J connectivity index is 0.00000166. The fourth-order valence-electron chi connectivity index (χ4n) is 17.7. The molecule has 7 aliphatic rings. The van der Waals surface area contributed by atoms with Crippen LogP contribution in [0.5, 0.6) is 5.75 Å². The van der Waals surface area contributed by atoms with E-state index in [4.69, 9.17) is 47.7 Å². The topological polar surface area (TPSA) is 428 Å². The molecule has 16 atom stereocenters. The van der Waals surface area contributed by atoms with E-state index in [1.165, 1.54) is 32.5 Å². The van der Waals surface area contributed by atoms with Crippen LogP contribution in [0, 0.1) is 11.3 Å². The Hall–Kier alpha value is -6.73. The second kappa shape index (κ2) is 40.1. The lowest BCUT2D eigenvalue weighted by Crippen LogP contribution is -2.81. The van der Waals surface area contributed by atoms with Crippen LogP contribution in [0.15, 0.2) is 48.6 Å². The number of anilines is 1. The van der Waals surface area contributed by atoms with Crippen LogP contribution in [0.3, 0.4) is 0 Å². The second-order valence-corrected chi connectivity index (χ2v) is 31.6. The number of fused-ring (bicyclic) bond motifs is 6. The van der Waals surface area contributed by atoms with Crippen LogP contribution in [-0.4, -0.2) is 249 Å². The molecule has 31 heteroatoms. The molecule has 1 saturated carbocycles. The Bertz CT molecular complexity index is 3560. The van der Waals surface area contributed by atoms with Crippen molar-refractivity contribution in [2.75, 3.05) is 89.7 Å². The summed E-state index contributed by atoms with van der Waals surface area (Å²) >= 11 is 0. The van der Waals surface area contributed by atoms with E-state index in [0.29, 0.717) is 88.3 Å². The maximum Gasteiger partial charge on any atom is 0.407 e. The number of nitrogens with zero attached hydrogens (tertiary/aromatic N) is 3. The molecule has 2 aromatic carbocycles. The molecule has 11 N–H and O–H groups in total. The number of benzene rings is 2. The Morgan fingerprint density at radius 2 is 1.43 bits per heavy atom. The molecule has 4 unspecified atom stereocenters. The van der Waals surface area contributed by atoms with Crippen LogP contribution in [0.1, 0.15) is 166 Å². The third kappa shape index (κ3) is 19.3. The highest BCUT2D eigenvalue weighted by Crippen LogP contribution is 2.68. The van der Waals surface area contributed by atoms with Gasteiger partial charge in [-0.1, -0.05) is 111 Å². The Kier molecular flexibility index (Phi) is 32.7. The van der Waals surface area contributed by atoms with Crippen molar-refractivity contribution >= 4 is 86.1 Å². The minimum atomic E-state index is -2.38. The van der Waals surface area contributed by atoms with Gasteiger partial charge in [0.25, 0.3) is 0 Å². The number of likely N-dealkylation sites (N-methyl/N-ethyl adjacent to an activating group) is 1. The fraction of sp³-hybridized carbons (Fsp3) is 0.680. The molecule has 7 heterocycles. The molecule has 3 saturated heterocycles. The van der Waals surface area contributed by atoms with Gasteiger partial charge in [-0.25, -0.2) is 4.79 Å². The summed E-state index contributed by atoms with van der Waals surface area (Å²) in [5, 5.41) is 87.5. The minimum absolute atomic E-state index is 0.00221. The first-order valence-corrected chi connectivity index (χ1v) is 39.3. The van der Waals surface area contributed by atoms with E-state index in [1.807, 2.05) is 37.9 Å². The highest BCUT2D eigenvalue weighted by atomic mass is 33.1. The summed E-state index contributed by atoms with van der Waals surface area (Å²) in [5.41, 5.74) is 0.408. The number of para-hydroxylation sites is 1. The van der Waals surface area contributed by atoms with Gasteiger partial charge in [0.1, 0.15) is 42.9 Å². The van der Waals surface area contributed by atoms with Gasteiger partial charge in [-0.05, 0) is 107 Å². The van der Waals surface area contributed by atoms with Gasteiger partial charge in [0.15, 0.2) is 29.6 Å². The molecule has 106 heavy (non-hydrogen) atoms. The van der Waals surface area contributed by atoms with Crippen molar-refractivity contribution in [3.05, 3.63) is 70.9 Å². The van der Waals surface area contributed by atoms with Crippen molar-refractivity contribution in [1.82, 2.24) is 30.7 Å². The summed E-state index contributed by atoms with van der Waals surface area (Å²) in [6, 6.07) is 11.6. The number of ether oxygens (including phenoxy) is 4. The normalized spacial score (nSPS) is 29.7. The number of nitrogens with one attached hydrogen (secondary N) is 4. The largest absolute Gasteiger partial charge is 0.496 e. The van der Waals surface area contributed by atoms with Crippen molar-refractivity contribution in [3.8, 4) is 5.75 Å². The lowest BCUT2D eigenvalue weighted by Gasteiger charge is -2.63. The number of aliphatic hydroxyl groups excluding tert-OH is 5. The monoisotopic (exact) mass is 1520 g/mol. The van der Waals surface area contributed by atoms with Gasteiger partial charge in [0.2, 0.25) is 11.8 Å². The first-order chi connectivity index (χ1) is 50.8. The van der Waals surface area contributed by atoms with Crippen LogP contribution in [0.4, 0.5) is 10.5 Å². The Morgan fingerprint density at radius 1 is 0.774 bits per heavy atom. The molecule has 0 radical (unpaired) electrons. The van der Waals surface area contributed by atoms with E-state index < -0.39 is 101 Å². The number of unbranched alkanes of at least 4 members (excludes halogenated alkanes) is 7. The van der Waals surface area contributed by atoms with Crippen molar-refractivity contribution in [2.24, 2.45) is 11.3 Å². The maximum atomic E-state index is 15.3.